The lowest BCUT2D eigenvalue weighted by Crippen LogP contribution is -2.48. The first-order chi connectivity index (χ1) is 15.1. The minimum Gasteiger partial charge on any atom is -0.385 e. The number of carbonyl (C=O) groups is 2. The summed E-state index contributed by atoms with van der Waals surface area (Å²) in [5.41, 5.74) is 1.75. The van der Waals surface area contributed by atoms with Gasteiger partial charge in [-0.1, -0.05) is 51.1 Å². The molecule has 0 aliphatic heterocycles. The normalized spacial score (nSPS) is 11.6. The van der Waals surface area contributed by atoms with E-state index in [9.17, 15) is 9.59 Å². The van der Waals surface area contributed by atoms with Gasteiger partial charge in [-0.3, -0.25) is 9.59 Å². The lowest BCUT2D eigenvalue weighted by atomic mass is 9.94. The quantitative estimate of drug-likeness (QED) is 0.492. The zero-order chi connectivity index (χ0) is 23.7. The maximum Gasteiger partial charge on any atom is 0.242 e. The molecule has 2 rings (SSSR count). The molecule has 1 aromatic heterocycles. The first-order valence-electron chi connectivity index (χ1n) is 11.4. The average Bonchev–Trinajstić information content (AvgIpc) is 3.17. The summed E-state index contributed by atoms with van der Waals surface area (Å²) in [5.74, 6) is -0.0550. The molecule has 0 fully saturated rings. The molecule has 0 N–H and O–H groups in total. The van der Waals surface area contributed by atoms with E-state index in [2.05, 4.69) is 22.8 Å². The monoisotopic (exact) mass is 441 g/mol. The number of hydrogen-bond donors (Lipinski definition) is 0. The fourth-order valence-electron chi connectivity index (χ4n) is 3.64. The Labute approximate surface area is 193 Å². The molecule has 0 aliphatic carbocycles. The van der Waals surface area contributed by atoms with Gasteiger partial charge in [0.1, 0.15) is 0 Å². The molecule has 0 aliphatic rings. The fraction of sp³-hybridized carbons (Fsp3) is 0.538. The number of ether oxygens (including phenoxy) is 1. The summed E-state index contributed by atoms with van der Waals surface area (Å²) in [4.78, 5) is 29.9. The number of amides is 2. The molecule has 0 saturated carbocycles. The van der Waals surface area contributed by atoms with E-state index >= 15 is 0 Å². The van der Waals surface area contributed by atoms with E-state index in [0.29, 0.717) is 26.1 Å². The van der Waals surface area contributed by atoms with Crippen LogP contribution in [0.3, 0.4) is 0 Å². The van der Waals surface area contributed by atoms with Gasteiger partial charge in [-0.15, -0.1) is 0 Å². The summed E-state index contributed by atoms with van der Waals surface area (Å²) in [7, 11) is 1.64. The van der Waals surface area contributed by atoms with Crippen LogP contribution in [0.5, 0.6) is 0 Å². The molecule has 0 atom stereocenters. The minimum absolute atomic E-state index is 0.0156. The number of nitrogens with zero attached hydrogens (tertiary/aromatic N) is 3. The molecule has 6 nitrogen and oxygen atoms in total. The van der Waals surface area contributed by atoms with Gasteiger partial charge in [0.2, 0.25) is 11.8 Å². The Morgan fingerprint density at radius 1 is 1.06 bits per heavy atom. The molecule has 1 aromatic carbocycles. The van der Waals surface area contributed by atoms with Gasteiger partial charge >= 0.3 is 0 Å². The molecule has 0 bridgehead atoms. The number of methoxy groups -OCH3 is 1. The second-order valence-corrected chi connectivity index (χ2v) is 9.55. The van der Waals surface area contributed by atoms with Gasteiger partial charge in [0.15, 0.2) is 0 Å². The Morgan fingerprint density at radius 3 is 2.34 bits per heavy atom. The van der Waals surface area contributed by atoms with E-state index in [0.717, 1.165) is 12.2 Å². The third-order valence-corrected chi connectivity index (χ3v) is 5.43. The first kappa shape index (κ1) is 25.7. The predicted molar refractivity (Wildman–Crippen MR) is 128 cm³/mol. The van der Waals surface area contributed by atoms with E-state index in [4.69, 9.17) is 4.74 Å². The Morgan fingerprint density at radius 2 is 1.75 bits per heavy atom. The smallest absolute Gasteiger partial charge is 0.242 e. The molecule has 0 unspecified atom stereocenters. The summed E-state index contributed by atoms with van der Waals surface area (Å²) >= 11 is 0. The lowest BCUT2D eigenvalue weighted by molar-refractivity contribution is -0.146. The van der Waals surface area contributed by atoms with Crippen LogP contribution in [-0.2, 0) is 27.4 Å². The highest BCUT2D eigenvalue weighted by Gasteiger charge is 2.30. The number of carbonyl (C=O) groups excluding carboxylic acids is 2. The summed E-state index contributed by atoms with van der Waals surface area (Å²) in [5, 5.41) is 0. The molecule has 32 heavy (non-hydrogen) atoms. The highest BCUT2D eigenvalue weighted by Crippen LogP contribution is 2.19. The number of hydrogen-bond acceptors (Lipinski definition) is 3. The molecule has 2 amide bonds. The van der Waals surface area contributed by atoms with Crippen molar-refractivity contribution in [2.45, 2.75) is 60.2 Å². The second-order valence-electron chi connectivity index (χ2n) is 9.55. The van der Waals surface area contributed by atoms with Crippen LogP contribution in [-0.4, -0.2) is 59.0 Å². The average molecular weight is 442 g/mol. The molecule has 0 radical (unpaired) electrons. The summed E-state index contributed by atoms with van der Waals surface area (Å²) in [6.45, 7) is 12.1. The van der Waals surface area contributed by atoms with Crippen LogP contribution in [0.1, 0.15) is 52.3 Å². The van der Waals surface area contributed by atoms with Crippen LogP contribution in [0.25, 0.3) is 0 Å². The second kappa shape index (κ2) is 11.9. The molecule has 0 saturated heterocycles. The molecular weight excluding hydrogens is 402 g/mol. The largest absolute Gasteiger partial charge is 0.385 e. The lowest BCUT2D eigenvalue weighted by Gasteiger charge is -2.33. The van der Waals surface area contributed by atoms with E-state index in [1.165, 1.54) is 5.56 Å². The SMILES string of the molecule is COCCCN(CC(=O)N(Cc1cccn1Cc1ccccc1)C(C)C)C(=O)C(C)(C)C. The maximum absolute atomic E-state index is 13.3. The van der Waals surface area contributed by atoms with Crippen LogP contribution < -0.4 is 0 Å². The zero-order valence-electron chi connectivity index (χ0n) is 20.5. The van der Waals surface area contributed by atoms with Crippen LogP contribution in [0.2, 0.25) is 0 Å². The number of benzene rings is 1. The van der Waals surface area contributed by atoms with Crippen LogP contribution >= 0.6 is 0 Å². The van der Waals surface area contributed by atoms with Crippen molar-refractivity contribution in [2.24, 2.45) is 5.41 Å². The van der Waals surface area contributed by atoms with E-state index < -0.39 is 5.41 Å². The summed E-state index contributed by atoms with van der Waals surface area (Å²) < 4.78 is 7.32. The van der Waals surface area contributed by atoms with Gasteiger partial charge in [-0.05, 0) is 38.0 Å². The van der Waals surface area contributed by atoms with E-state index in [1.54, 1.807) is 12.0 Å². The molecule has 2 aromatic rings. The number of aromatic nitrogens is 1. The Balaban J connectivity index is 2.14. The predicted octanol–water partition coefficient (Wildman–Crippen LogP) is 4.18. The van der Waals surface area contributed by atoms with Gasteiger partial charge in [0.05, 0.1) is 13.1 Å². The van der Waals surface area contributed by atoms with Crippen LogP contribution in [0.4, 0.5) is 0 Å². The van der Waals surface area contributed by atoms with Gasteiger partial charge in [0.25, 0.3) is 0 Å². The van der Waals surface area contributed by atoms with Crippen molar-refractivity contribution < 1.29 is 14.3 Å². The third-order valence-electron chi connectivity index (χ3n) is 5.43. The Hall–Kier alpha value is -2.60. The standard InChI is InChI=1S/C26H39N3O3/c1-21(2)29(19-23-14-10-15-27(23)18-22-12-8-7-9-13-22)24(30)20-28(16-11-17-32-6)25(31)26(3,4)5/h7-10,12-15,21H,11,16-20H2,1-6H3. The third kappa shape index (κ3) is 7.52. The van der Waals surface area contributed by atoms with Crippen LogP contribution in [0, 0.1) is 5.41 Å². The number of rotatable bonds is 11. The topological polar surface area (TPSA) is 54.8 Å². The Bertz CT molecular complexity index is 853. The molecule has 1 heterocycles. The molecule has 6 heteroatoms. The summed E-state index contributed by atoms with van der Waals surface area (Å²) in [6, 6.07) is 14.4. The van der Waals surface area contributed by atoms with Crippen molar-refractivity contribution >= 4 is 11.8 Å². The zero-order valence-corrected chi connectivity index (χ0v) is 20.5. The van der Waals surface area contributed by atoms with Crippen molar-refractivity contribution in [3.8, 4) is 0 Å². The minimum atomic E-state index is -0.541. The van der Waals surface area contributed by atoms with Gasteiger partial charge in [0, 0.05) is 50.2 Å². The summed E-state index contributed by atoms with van der Waals surface area (Å²) in [6.07, 6.45) is 2.75. The maximum atomic E-state index is 13.3. The van der Waals surface area contributed by atoms with Crippen molar-refractivity contribution in [1.29, 1.82) is 0 Å². The molecule has 0 spiro atoms. The van der Waals surface area contributed by atoms with Crippen molar-refractivity contribution in [1.82, 2.24) is 14.4 Å². The Kier molecular flexibility index (Phi) is 9.51. The highest BCUT2D eigenvalue weighted by atomic mass is 16.5. The van der Waals surface area contributed by atoms with E-state index in [-0.39, 0.29) is 24.4 Å². The van der Waals surface area contributed by atoms with Gasteiger partial charge < -0.3 is 19.1 Å². The highest BCUT2D eigenvalue weighted by molar-refractivity contribution is 5.87. The van der Waals surface area contributed by atoms with Crippen molar-refractivity contribution in [3.05, 3.63) is 59.9 Å². The molecule has 176 valence electrons. The van der Waals surface area contributed by atoms with Gasteiger partial charge in [-0.2, -0.15) is 0 Å². The van der Waals surface area contributed by atoms with Crippen molar-refractivity contribution in [3.63, 3.8) is 0 Å². The van der Waals surface area contributed by atoms with Crippen LogP contribution in [0.15, 0.2) is 48.7 Å². The molecular formula is C26H39N3O3. The van der Waals surface area contributed by atoms with Gasteiger partial charge in [-0.25, -0.2) is 0 Å². The first-order valence-corrected chi connectivity index (χ1v) is 11.4. The van der Waals surface area contributed by atoms with Crippen molar-refractivity contribution in [2.75, 3.05) is 26.8 Å². The fourth-order valence-corrected chi connectivity index (χ4v) is 3.64. The van der Waals surface area contributed by atoms with E-state index in [1.807, 2.05) is 70.0 Å².